The van der Waals surface area contributed by atoms with Gasteiger partial charge in [0.25, 0.3) is 0 Å². The third-order valence-corrected chi connectivity index (χ3v) is 3.76. The summed E-state index contributed by atoms with van der Waals surface area (Å²) in [5, 5.41) is 6.25. The number of hydrogen-bond acceptors (Lipinski definition) is 2. The van der Waals surface area contributed by atoms with Gasteiger partial charge in [0.05, 0.1) is 17.0 Å². The molecule has 1 aliphatic heterocycles. The van der Waals surface area contributed by atoms with Crippen LogP contribution in [0.5, 0.6) is 0 Å². The molecule has 2 rings (SSSR count). The van der Waals surface area contributed by atoms with Crippen LogP contribution in [-0.4, -0.2) is 19.0 Å². The van der Waals surface area contributed by atoms with Crippen LogP contribution < -0.4 is 10.6 Å². The molecule has 6 heteroatoms. The molecule has 1 aliphatic rings. The Balaban J connectivity index is 0.00000200. The lowest BCUT2D eigenvalue weighted by Gasteiger charge is -2.24. The Morgan fingerprint density at radius 1 is 1.55 bits per heavy atom. The summed E-state index contributed by atoms with van der Waals surface area (Å²) in [5.41, 5.74) is 0.809. The van der Waals surface area contributed by atoms with Crippen molar-refractivity contribution in [1.29, 1.82) is 0 Å². The molecule has 1 aromatic rings. The number of hydrogen-bond donors (Lipinski definition) is 2. The van der Waals surface area contributed by atoms with Crippen LogP contribution in [0.25, 0.3) is 0 Å². The Kier molecular flexibility index (Phi) is 6.72. The van der Waals surface area contributed by atoms with Gasteiger partial charge in [0.1, 0.15) is 5.82 Å². The van der Waals surface area contributed by atoms with Gasteiger partial charge in [0.15, 0.2) is 0 Å². The molecule has 0 spiro atoms. The number of carbonyl (C=O) groups excluding carboxylic acids is 1. The van der Waals surface area contributed by atoms with Gasteiger partial charge in [0.2, 0.25) is 5.91 Å². The third kappa shape index (κ3) is 4.33. The van der Waals surface area contributed by atoms with E-state index in [-0.39, 0.29) is 35.3 Å². The highest BCUT2D eigenvalue weighted by atomic mass is 35.5. The van der Waals surface area contributed by atoms with E-state index in [4.69, 9.17) is 11.6 Å². The van der Waals surface area contributed by atoms with Crippen LogP contribution in [0.2, 0.25) is 5.02 Å². The number of amides is 1. The van der Waals surface area contributed by atoms with Crippen molar-refractivity contribution in [3.63, 3.8) is 0 Å². The number of nitrogens with one attached hydrogen (secondary N) is 2. The Morgan fingerprint density at radius 2 is 2.30 bits per heavy atom. The predicted octanol–water partition coefficient (Wildman–Crippen LogP) is 3.08. The molecule has 0 saturated carbocycles. The number of halogens is 3. The van der Waals surface area contributed by atoms with Crippen LogP contribution in [0.3, 0.4) is 0 Å². The summed E-state index contributed by atoms with van der Waals surface area (Å²) in [6, 6.07) is 4.35. The minimum atomic E-state index is -0.444. The van der Waals surface area contributed by atoms with E-state index in [0.29, 0.717) is 0 Å². The quantitative estimate of drug-likeness (QED) is 0.898. The van der Waals surface area contributed by atoms with Gasteiger partial charge in [-0.05, 0) is 44.0 Å². The first kappa shape index (κ1) is 17.2. The summed E-state index contributed by atoms with van der Waals surface area (Å²) in [4.78, 5) is 12.1. The van der Waals surface area contributed by atoms with Crippen molar-refractivity contribution in [3.8, 4) is 0 Å². The maximum Gasteiger partial charge on any atom is 0.224 e. The van der Waals surface area contributed by atoms with Crippen molar-refractivity contribution in [2.75, 3.05) is 13.1 Å². The number of benzene rings is 1. The van der Waals surface area contributed by atoms with Crippen LogP contribution in [0.1, 0.15) is 31.4 Å². The maximum absolute atomic E-state index is 13.1. The Hall–Kier alpha value is -0.840. The molecule has 1 aromatic carbocycles. The van der Waals surface area contributed by atoms with Crippen LogP contribution in [0.4, 0.5) is 4.39 Å². The van der Waals surface area contributed by atoms with E-state index in [0.717, 1.165) is 31.5 Å². The molecule has 1 amide bonds. The topological polar surface area (TPSA) is 41.1 Å². The summed E-state index contributed by atoms with van der Waals surface area (Å²) in [5.74, 6) is -0.382. The van der Waals surface area contributed by atoms with Crippen LogP contribution in [-0.2, 0) is 4.79 Å². The largest absolute Gasteiger partial charge is 0.349 e. The molecule has 2 atom stereocenters. The first-order valence-electron chi connectivity index (χ1n) is 6.54. The van der Waals surface area contributed by atoms with E-state index in [9.17, 15) is 9.18 Å². The predicted molar refractivity (Wildman–Crippen MR) is 80.8 cm³/mol. The second-order valence-corrected chi connectivity index (χ2v) is 5.35. The first-order valence-corrected chi connectivity index (χ1v) is 6.92. The van der Waals surface area contributed by atoms with E-state index in [1.54, 1.807) is 12.1 Å². The molecule has 1 heterocycles. The van der Waals surface area contributed by atoms with Gasteiger partial charge in [-0.2, -0.15) is 0 Å². The summed E-state index contributed by atoms with van der Waals surface area (Å²) in [6.45, 7) is 3.58. The van der Waals surface area contributed by atoms with Crippen LogP contribution in [0, 0.1) is 11.7 Å². The van der Waals surface area contributed by atoms with E-state index < -0.39 is 5.82 Å². The highest BCUT2D eigenvalue weighted by molar-refractivity contribution is 6.30. The minimum Gasteiger partial charge on any atom is -0.349 e. The summed E-state index contributed by atoms with van der Waals surface area (Å²) >= 11 is 5.75. The molecular weight excluding hydrogens is 302 g/mol. The summed E-state index contributed by atoms with van der Waals surface area (Å²) in [6.07, 6.45) is 1.94. The van der Waals surface area contributed by atoms with Gasteiger partial charge < -0.3 is 10.6 Å². The fraction of sp³-hybridized carbons (Fsp3) is 0.500. The third-order valence-electron chi connectivity index (χ3n) is 3.47. The summed E-state index contributed by atoms with van der Waals surface area (Å²) < 4.78 is 13.1. The van der Waals surface area contributed by atoms with E-state index in [1.807, 2.05) is 6.92 Å². The number of carbonyl (C=O) groups is 1. The van der Waals surface area contributed by atoms with Crippen molar-refractivity contribution in [2.45, 2.75) is 25.8 Å². The zero-order valence-corrected chi connectivity index (χ0v) is 12.9. The highest BCUT2D eigenvalue weighted by Gasteiger charge is 2.22. The van der Waals surface area contributed by atoms with Gasteiger partial charge in [-0.15, -0.1) is 12.4 Å². The lowest BCUT2D eigenvalue weighted by molar-refractivity contribution is -0.126. The molecule has 1 fully saturated rings. The smallest absolute Gasteiger partial charge is 0.224 e. The first-order chi connectivity index (χ1) is 9.08. The van der Waals surface area contributed by atoms with Crippen molar-refractivity contribution in [3.05, 3.63) is 34.6 Å². The lowest BCUT2D eigenvalue weighted by atomic mass is 9.98. The fourth-order valence-corrected chi connectivity index (χ4v) is 2.46. The second kappa shape index (κ2) is 7.81. The normalized spacial score (nSPS) is 19.9. The molecule has 0 aromatic heterocycles. The average molecular weight is 321 g/mol. The number of rotatable bonds is 3. The zero-order valence-electron chi connectivity index (χ0n) is 11.3. The molecule has 2 unspecified atom stereocenters. The van der Waals surface area contributed by atoms with Crippen molar-refractivity contribution in [2.24, 2.45) is 5.92 Å². The van der Waals surface area contributed by atoms with Gasteiger partial charge >= 0.3 is 0 Å². The standard InChI is InChI=1S/C14H18ClFN2O.ClH/c1-9(10-4-5-13(16)12(15)7-10)18-14(19)11-3-2-6-17-8-11;/h4-5,7,9,11,17H,2-3,6,8H2,1H3,(H,18,19);1H. The van der Waals surface area contributed by atoms with Crippen molar-refractivity contribution < 1.29 is 9.18 Å². The molecule has 20 heavy (non-hydrogen) atoms. The summed E-state index contributed by atoms with van der Waals surface area (Å²) in [7, 11) is 0. The van der Waals surface area contributed by atoms with E-state index in [2.05, 4.69) is 10.6 Å². The van der Waals surface area contributed by atoms with E-state index in [1.165, 1.54) is 6.07 Å². The van der Waals surface area contributed by atoms with Gasteiger partial charge in [0, 0.05) is 6.54 Å². The molecule has 112 valence electrons. The van der Waals surface area contributed by atoms with Gasteiger partial charge in [-0.25, -0.2) is 4.39 Å². The SMILES string of the molecule is CC(NC(=O)C1CCCNC1)c1ccc(F)c(Cl)c1.Cl. The molecular formula is C14H19Cl2FN2O. The molecule has 1 saturated heterocycles. The Morgan fingerprint density at radius 3 is 2.90 bits per heavy atom. The van der Waals surface area contributed by atoms with Crippen LogP contribution >= 0.6 is 24.0 Å². The molecule has 0 radical (unpaired) electrons. The fourth-order valence-electron chi connectivity index (χ4n) is 2.27. The molecule has 0 bridgehead atoms. The van der Waals surface area contributed by atoms with Gasteiger partial charge in [-0.1, -0.05) is 17.7 Å². The molecule has 0 aliphatic carbocycles. The van der Waals surface area contributed by atoms with Crippen LogP contribution in [0.15, 0.2) is 18.2 Å². The van der Waals surface area contributed by atoms with Crippen molar-refractivity contribution >= 4 is 29.9 Å². The van der Waals surface area contributed by atoms with E-state index >= 15 is 0 Å². The minimum absolute atomic E-state index is 0. The second-order valence-electron chi connectivity index (χ2n) is 4.95. The monoisotopic (exact) mass is 320 g/mol. The Labute approximate surface area is 129 Å². The Bertz CT molecular complexity index is 464. The average Bonchev–Trinajstić information content (AvgIpc) is 2.42. The maximum atomic E-state index is 13.1. The van der Waals surface area contributed by atoms with Crippen molar-refractivity contribution in [1.82, 2.24) is 10.6 Å². The number of piperidine rings is 1. The molecule has 3 nitrogen and oxygen atoms in total. The lowest BCUT2D eigenvalue weighted by Crippen LogP contribution is -2.41. The highest BCUT2D eigenvalue weighted by Crippen LogP contribution is 2.21. The molecule has 2 N–H and O–H groups in total. The van der Waals surface area contributed by atoms with Gasteiger partial charge in [-0.3, -0.25) is 4.79 Å². The zero-order chi connectivity index (χ0) is 13.8.